The Kier molecular flexibility index (Phi) is 4.03. The van der Waals surface area contributed by atoms with Gasteiger partial charge in [-0.25, -0.2) is 4.98 Å². The molecular formula is C16H21N3S. The summed E-state index contributed by atoms with van der Waals surface area (Å²) in [6, 6.07) is 9.40. The van der Waals surface area contributed by atoms with Crippen molar-refractivity contribution in [2.45, 2.75) is 38.9 Å². The molecular weight excluding hydrogens is 266 g/mol. The Morgan fingerprint density at radius 2 is 2.25 bits per heavy atom. The Balaban J connectivity index is 1.70. The molecule has 0 unspecified atom stereocenters. The number of hydrogen-bond donors (Lipinski definition) is 1. The fraction of sp³-hybridized carbons (Fsp3) is 0.438. The first-order valence-electron chi connectivity index (χ1n) is 7.15. The number of thiophene rings is 1. The first kappa shape index (κ1) is 13.6. The number of hydrogen-bond acceptors (Lipinski definition) is 4. The lowest BCUT2D eigenvalue weighted by molar-refractivity contribution is 0.686. The van der Waals surface area contributed by atoms with Crippen LogP contribution in [0.5, 0.6) is 0 Å². The first-order valence-corrected chi connectivity index (χ1v) is 8.03. The van der Waals surface area contributed by atoms with Crippen LogP contribution in [-0.2, 0) is 13.1 Å². The van der Waals surface area contributed by atoms with Crippen molar-refractivity contribution < 1.29 is 0 Å². The second-order valence-electron chi connectivity index (χ2n) is 5.57. The SMILES string of the molecule is Cc1cc(CNC2CC2)cc(N(C)Cc2cccs2)n1. The molecule has 1 aliphatic carbocycles. The van der Waals surface area contributed by atoms with E-state index in [1.165, 1.54) is 23.3 Å². The Hall–Kier alpha value is -1.39. The number of pyridine rings is 1. The van der Waals surface area contributed by atoms with E-state index in [-0.39, 0.29) is 0 Å². The lowest BCUT2D eigenvalue weighted by Crippen LogP contribution is -2.19. The van der Waals surface area contributed by atoms with Crippen molar-refractivity contribution in [2.24, 2.45) is 0 Å². The van der Waals surface area contributed by atoms with Crippen LogP contribution in [0, 0.1) is 6.92 Å². The van der Waals surface area contributed by atoms with Gasteiger partial charge in [0.2, 0.25) is 0 Å². The second kappa shape index (κ2) is 5.94. The molecule has 0 amide bonds. The van der Waals surface area contributed by atoms with Crippen LogP contribution in [0.3, 0.4) is 0 Å². The van der Waals surface area contributed by atoms with E-state index < -0.39 is 0 Å². The van der Waals surface area contributed by atoms with Gasteiger partial charge >= 0.3 is 0 Å². The number of aryl methyl sites for hydroxylation is 1. The lowest BCUT2D eigenvalue weighted by atomic mass is 10.2. The minimum Gasteiger partial charge on any atom is -0.355 e. The smallest absolute Gasteiger partial charge is 0.129 e. The summed E-state index contributed by atoms with van der Waals surface area (Å²) < 4.78 is 0. The van der Waals surface area contributed by atoms with Gasteiger partial charge in [0.25, 0.3) is 0 Å². The summed E-state index contributed by atoms with van der Waals surface area (Å²) in [6.45, 7) is 3.95. The zero-order valence-corrected chi connectivity index (χ0v) is 12.9. The van der Waals surface area contributed by atoms with Crippen molar-refractivity contribution in [1.29, 1.82) is 0 Å². The Bertz CT molecular complexity index is 561. The zero-order valence-electron chi connectivity index (χ0n) is 12.1. The molecule has 3 rings (SSSR count). The molecule has 0 atom stereocenters. The summed E-state index contributed by atoms with van der Waals surface area (Å²) in [7, 11) is 2.11. The van der Waals surface area contributed by atoms with E-state index in [1.54, 1.807) is 11.3 Å². The number of aromatic nitrogens is 1. The normalized spacial score (nSPS) is 14.5. The third-order valence-electron chi connectivity index (χ3n) is 3.54. The molecule has 1 N–H and O–H groups in total. The molecule has 20 heavy (non-hydrogen) atoms. The summed E-state index contributed by atoms with van der Waals surface area (Å²) >= 11 is 1.79. The highest BCUT2D eigenvalue weighted by atomic mass is 32.1. The number of anilines is 1. The largest absolute Gasteiger partial charge is 0.355 e. The molecule has 2 heterocycles. The molecule has 0 saturated heterocycles. The average molecular weight is 287 g/mol. The van der Waals surface area contributed by atoms with Crippen LogP contribution in [-0.4, -0.2) is 18.1 Å². The van der Waals surface area contributed by atoms with E-state index in [2.05, 4.69) is 58.8 Å². The van der Waals surface area contributed by atoms with Crippen LogP contribution >= 0.6 is 11.3 Å². The highest BCUT2D eigenvalue weighted by Gasteiger charge is 2.20. The average Bonchev–Trinajstić information content (AvgIpc) is 3.12. The maximum Gasteiger partial charge on any atom is 0.129 e. The van der Waals surface area contributed by atoms with Crippen LogP contribution < -0.4 is 10.2 Å². The molecule has 3 nitrogen and oxygen atoms in total. The minimum absolute atomic E-state index is 0.746. The fourth-order valence-electron chi connectivity index (χ4n) is 2.29. The van der Waals surface area contributed by atoms with Crippen molar-refractivity contribution in [1.82, 2.24) is 10.3 Å². The maximum atomic E-state index is 4.66. The second-order valence-corrected chi connectivity index (χ2v) is 6.60. The van der Waals surface area contributed by atoms with Crippen LogP contribution in [0.2, 0.25) is 0 Å². The number of rotatable bonds is 6. The molecule has 4 heteroatoms. The molecule has 0 aromatic carbocycles. The topological polar surface area (TPSA) is 28.2 Å². The van der Waals surface area contributed by atoms with Crippen molar-refractivity contribution in [3.05, 3.63) is 45.8 Å². The molecule has 1 aliphatic rings. The minimum atomic E-state index is 0.746. The van der Waals surface area contributed by atoms with Gasteiger partial charge < -0.3 is 10.2 Å². The first-order chi connectivity index (χ1) is 9.70. The summed E-state index contributed by atoms with van der Waals surface area (Å²) in [4.78, 5) is 8.25. The van der Waals surface area contributed by atoms with Crippen LogP contribution in [0.25, 0.3) is 0 Å². The van der Waals surface area contributed by atoms with E-state index >= 15 is 0 Å². The molecule has 106 valence electrons. The van der Waals surface area contributed by atoms with Crippen LogP contribution in [0.15, 0.2) is 29.6 Å². The van der Waals surface area contributed by atoms with Crippen LogP contribution in [0.1, 0.15) is 29.0 Å². The van der Waals surface area contributed by atoms with E-state index in [1.807, 2.05) is 0 Å². The van der Waals surface area contributed by atoms with Gasteiger partial charge in [0.05, 0.1) is 6.54 Å². The van der Waals surface area contributed by atoms with Gasteiger partial charge in [0.15, 0.2) is 0 Å². The van der Waals surface area contributed by atoms with Crippen molar-refractivity contribution in [3.8, 4) is 0 Å². The Labute approximate surface area is 124 Å². The molecule has 0 bridgehead atoms. The molecule has 0 aliphatic heterocycles. The van der Waals surface area contributed by atoms with Crippen molar-refractivity contribution >= 4 is 17.2 Å². The zero-order chi connectivity index (χ0) is 13.9. The van der Waals surface area contributed by atoms with E-state index in [4.69, 9.17) is 0 Å². The quantitative estimate of drug-likeness (QED) is 0.883. The van der Waals surface area contributed by atoms with E-state index in [9.17, 15) is 0 Å². The summed E-state index contributed by atoms with van der Waals surface area (Å²) in [5.41, 5.74) is 2.42. The van der Waals surface area contributed by atoms with Gasteiger partial charge in [-0.15, -0.1) is 11.3 Å². The predicted molar refractivity (Wildman–Crippen MR) is 85.3 cm³/mol. The van der Waals surface area contributed by atoms with E-state index in [0.717, 1.165) is 30.6 Å². The lowest BCUT2D eigenvalue weighted by Gasteiger charge is -2.19. The van der Waals surface area contributed by atoms with Gasteiger partial charge in [-0.1, -0.05) is 6.07 Å². The van der Waals surface area contributed by atoms with Crippen molar-refractivity contribution in [2.75, 3.05) is 11.9 Å². The highest BCUT2D eigenvalue weighted by molar-refractivity contribution is 7.09. The summed E-state index contributed by atoms with van der Waals surface area (Å²) in [5.74, 6) is 1.06. The molecule has 2 aromatic heterocycles. The Morgan fingerprint density at radius 1 is 1.40 bits per heavy atom. The van der Waals surface area contributed by atoms with Crippen molar-refractivity contribution in [3.63, 3.8) is 0 Å². The molecule has 0 spiro atoms. The monoisotopic (exact) mass is 287 g/mol. The van der Waals surface area contributed by atoms with Gasteiger partial charge in [0, 0.05) is 30.2 Å². The number of nitrogens with one attached hydrogen (secondary N) is 1. The maximum absolute atomic E-state index is 4.66. The summed E-state index contributed by atoms with van der Waals surface area (Å²) in [5, 5.41) is 5.69. The third-order valence-corrected chi connectivity index (χ3v) is 4.40. The molecule has 0 radical (unpaired) electrons. The molecule has 2 aromatic rings. The molecule has 1 saturated carbocycles. The fourth-order valence-corrected chi connectivity index (χ4v) is 3.04. The van der Waals surface area contributed by atoms with Gasteiger partial charge in [-0.05, 0) is 48.9 Å². The third kappa shape index (κ3) is 3.58. The number of nitrogens with zero attached hydrogens (tertiary/aromatic N) is 2. The van der Waals surface area contributed by atoms with E-state index in [0.29, 0.717) is 0 Å². The predicted octanol–water partition coefficient (Wildman–Crippen LogP) is 3.34. The van der Waals surface area contributed by atoms with Gasteiger partial charge in [-0.2, -0.15) is 0 Å². The van der Waals surface area contributed by atoms with Gasteiger partial charge in [-0.3, -0.25) is 0 Å². The van der Waals surface area contributed by atoms with Crippen LogP contribution in [0.4, 0.5) is 5.82 Å². The van der Waals surface area contributed by atoms with Gasteiger partial charge in [0.1, 0.15) is 5.82 Å². The molecule has 1 fully saturated rings. The standard InChI is InChI=1S/C16H21N3S/c1-12-8-13(10-17-14-5-6-14)9-16(18-12)19(2)11-15-4-3-7-20-15/h3-4,7-9,14,17H,5-6,10-11H2,1-2H3. The highest BCUT2D eigenvalue weighted by Crippen LogP contribution is 2.21. The Morgan fingerprint density at radius 3 is 2.95 bits per heavy atom. The summed E-state index contributed by atoms with van der Waals surface area (Å²) in [6.07, 6.45) is 2.66.